The van der Waals surface area contributed by atoms with Crippen molar-refractivity contribution in [2.24, 2.45) is 0 Å². The highest BCUT2D eigenvalue weighted by Crippen LogP contribution is 2.40. The van der Waals surface area contributed by atoms with Crippen LogP contribution < -0.4 is 4.90 Å². The molecule has 0 bridgehead atoms. The van der Waals surface area contributed by atoms with E-state index in [1.165, 1.54) is 13.0 Å². The molecule has 34 heavy (non-hydrogen) atoms. The zero-order chi connectivity index (χ0) is 25.3. The molecule has 0 aliphatic rings. The van der Waals surface area contributed by atoms with Crippen molar-refractivity contribution in [1.82, 2.24) is 19.7 Å². The number of aromatic nitrogens is 4. The van der Waals surface area contributed by atoms with Gasteiger partial charge in [-0.3, -0.25) is 14.9 Å². The Morgan fingerprint density at radius 2 is 1.71 bits per heavy atom. The summed E-state index contributed by atoms with van der Waals surface area (Å²) in [7, 11) is 0. The predicted molar refractivity (Wildman–Crippen MR) is 104 cm³/mol. The molecule has 0 aliphatic heterocycles. The number of rotatable bonds is 7. The zero-order valence-corrected chi connectivity index (χ0v) is 17.1. The molecule has 0 N–H and O–H groups in total. The molecule has 3 aromatic rings. The molecule has 0 spiro atoms. The molecule has 3 rings (SSSR count). The smallest absolute Gasteiger partial charge is 0.304 e. The van der Waals surface area contributed by atoms with Gasteiger partial charge in [-0.15, -0.1) is 0 Å². The Morgan fingerprint density at radius 1 is 1.09 bits per heavy atom. The first-order valence-corrected chi connectivity index (χ1v) is 9.40. The maximum absolute atomic E-state index is 13.3. The third kappa shape index (κ3) is 4.97. The lowest BCUT2D eigenvalue weighted by Gasteiger charge is -2.28. The van der Waals surface area contributed by atoms with Crippen molar-refractivity contribution >= 4 is 17.8 Å². The van der Waals surface area contributed by atoms with Crippen LogP contribution in [0.1, 0.15) is 36.3 Å². The molecule has 0 fully saturated rings. The fraction of sp³-hybridized carbons (Fsp3) is 0.263. The Bertz CT molecular complexity index is 1160. The highest BCUT2D eigenvalue weighted by molar-refractivity contribution is 5.77. The highest BCUT2D eigenvalue weighted by Gasteiger charge is 2.38. The summed E-state index contributed by atoms with van der Waals surface area (Å²) < 4.78 is 80.7. The molecule has 0 saturated heterocycles. The van der Waals surface area contributed by atoms with E-state index < -0.39 is 40.1 Å². The summed E-state index contributed by atoms with van der Waals surface area (Å²) >= 11 is 0. The van der Waals surface area contributed by atoms with Crippen LogP contribution >= 0.6 is 0 Å². The summed E-state index contributed by atoms with van der Waals surface area (Å²) in [6.45, 7) is 1.53. The lowest BCUT2D eigenvalue weighted by atomic mass is 10.1. The number of benzene rings is 1. The zero-order valence-electron chi connectivity index (χ0n) is 17.1. The van der Waals surface area contributed by atoms with Crippen LogP contribution in [0.15, 0.2) is 42.9 Å². The van der Waals surface area contributed by atoms with Gasteiger partial charge in [-0.05, 0) is 30.7 Å². The van der Waals surface area contributed by atoms with Gasteiger partial charge in [-0.25, -0.2) is 9.97 Å². The maximum atomic E-state index is 13.3. The fourth-order valence-electron chi connectivity index (χ4n) is 3.17. The van der Waals surface area contributed by atoms with Crippen molar-refractivity contribution in [1.29, 1.82) is 0 Å². The SMILES string of the molecule is CCC(c1ncnn1-c1ccc([N+](=O)[O-])cn1)N(C=O)c1cc(C(F)(F)F)cc(C(F)(F)F)c1. The molecule has 9 nitrogen and oxygen atoms in total. The third-order valence-corrected chi connectivity index (χ3v) is 4.74. The number of nitrogens with zero attached hydrogens (tertiary/aromatic N) is 6. The molecule has 1 aromatic carbocycles. The molecule has 1 amide bonds. The van der Waals surface area contributed by atoms with E-state index in [0.29, 0.717) is 17.0 Å². The van der Waals surface area contributed by atoms with E-state index in [0.717, 1.165) is 23.3 Å². The van der Waals surface area contributed by atoms with Crippen LogP contribution in [-0.4, -0.2) is 31.1 Å². The Labute approximate surface area is 186 Å². The molecule has 1 unspecified atom stereocenters. The highest BCUT2D eigenvalue weighted by atomic mass is 19.4. The average molecular weight is 488 g/mol. The minimum atomic E-state index is -5.10. The van der Waals surface area contributed by atoms with E-state index in [2.05, 4.69) is 15.1 Å². The van der Waals surface area contributed by atoms with Crippen molar-refractivity contribution in [2.75, 3.05) is 4.90 Å². The van der Waals surface area contributed by atoms with Crippen LogP contribution in [-0.2, 0) is 17.1 Å². The molecular formula is C19H14F6N6O3. The lowest BCUT2D eigenvalue weighted by molar-refractivity contribution is -0.385. The second kappa shape index (κ2) is 9.07. The van der Waals surface area contributed by atoms with Gasteiger partial charge in [0.15, 0.2) is 11.6 Å². The number of halogens is 6. The molecule has 2 aromatic heterocycles. The van der Waals surface area contributed by atoms with Crippen LogP contribution in [0.5, 0.6) is 0 Å². The van der Waals surface area contributed by atoms with Crippen LogP contribution in [0.2, 0.25) is 0 Å². The average Bonchev–Trinajstić information content (AvgIpc) is 3.25. The van der Waals surface area contributed by atoms with Crippen molar-refractivity contribution in [2.45, 2.75) is 31.7 Å². The minimum absolute atomic E-state index is 0.0159. The number of pyridine rings is 1. The predicted octanol–water partition coefficient (Wildman–Crippen LogP) is 4.72. The van der Waals surface area contributed by atoms with Gasteiger partial charge >= 0.3 is 12.4 Å². The van der Waals surface area contributed by atoms with Gasteiger partial charge in [0.1, 0.15) is 12.5 Å². The first-order valence-electron chi connectivity index (χ1n) is 9.40. The molecule has 0 saturated carbocycles. The molecule has 15 heteroatoms. The second-order valence-electron chi connectivity index (χ2n) is 6.86. The van der Waals surface area contributed by atoms with E-state index >= 15 is 0 Å². The molecule has 0 radical (unpaired) electrons. The number of carbonyl (C=O) groups is 1. The minimum Gasteiger partial charge on any atom is -0.304 e. The summed E-state index contributed by atoms with van der Waals surface area (Å²) in [5.74, 6) is -0.00987. The summed E-state index contributed by atoms with van der Waals surface area (Å²) in [6.07, 6.45) is -8.13. The summed E-state index contributed by atoms with van der Waals surface area (Å²) in [6, 6.07) is 2.00. The van der Waals surface area contributed by atoms with E-state index in [4.69, 9.17) is 0 Å². The number of nitro groups is 1. The van der Waals surface area contributed by atoms with Gasteiger partial charge in [0.2, 0.25) is 6.41 Å². The Kier molecular flexibility index (Phi) is 6.56. The summed E-state index contributed by atoms with van der Waals surface area (Å²) in [4.78, 5) is 30.6. The van der Waals surface area contributed by atoms with Gasteiger partial charge in [0.05, 0.1) is 22.1 Å². The summed E-state index contributed by atoms with van der Waals surface area (Å²) in [5, 5.41) is 14.8. The Balaban J connectivity index is 2.11. The number of anilines is 1. The van der Waals surface area contributed by atoms with Gasteiger partial charge < -0.3 is 4.90 Å². The normalized spacial score (nSPS) is 12.9. The monoisotopic (exact) mass is 488 g/mol. The van der Waals surface area contributed by atoms with Crippen molar-refractivity contribution in [3.8, 4) is 5.82 Å². The van der Waals surface area contributed by atoms with Crippen molar-refractivity contribution < 1.29 is 36.1 Å². The van der Waals surface area contributed by atoms with Crippen LogP contribution in [0.4, 0.5) is 37.7 Å². The first-order chi connectivity index (χ1) is 15.9. The number of carbonyl (C=O) groups excluding carboxylic acids is 1. The van der Waals surface area contributed by atoms with Crippen LogP contribution in [0.25, 0.3) is 5.82 Å². The number of alkyl halides is 6. The van der Waals surface area contributed by atoms with Crippen molar-refractivity contribution in [3.05, 3.63) is 69.9 Å². The topological polar surface area (TPSA) is 107 Å². The van der Waals surface area contributed by atoms with E-state index in [9.17, 15) is 41.3 Å². The van der Waals surface area contributed by atoms with Crippen molar-refractivity contribution in [3.63, 3.8) is 0 Å². The Morgan fingerprint density at radius 3 is 2.15 bits per heavy atom. The number of amides is 1. The number of hydrogen-bond donors (Lipinski definition) is 0. The van der Waals surface area contributed by atoms with Crippen LogP contribution in [0.3, 0.4) is 0 Å². The van der Waals surface area contributed by atoms with E-state index in [-0.39, 0.29) is 36.2 Å². The quantitative estimate of drug-likeness (QED) is 0.206. The number of hydrogen-bond acceptors (Lipinski definition) is 6. The molecule has 180 valence electrons. The van der Waals surface area contributed by atoms with Gasteiger partial charge in [0, 0.05) is 11.8 Å². The van der Waals surface area contributed by atoms with E-state index in [1.54, 1.807) is 0 Å². The van der Waals surface area contributed by atoms with Gasteiger partial charge in [-0.2, -0.15) is 36.1 Å². The Hall–Kier alpha value is -4.04. The molecule has 2 heterocycles. The molecule has 1 atom stereocenters. The second-order valence-corrected chi connectivity index (χ2v) is 6.86. The first kappa shape index (κ1) is 24.6. The lowest BCUT2D eigenvalue weighted by Crippen LogP contribution is -2.30. The van der Waals surface area contributed by atoms with Gasteiger partial charge in [0.25, 0.3) is 5.69 Å². The molecule has 0 aliphatic carbocycles. The molecular weight excluding hydrogens is 474 g/mol. The third-order valence-electron chi connectivity index (χ3n) is 4.74. The standard InChI is InChI=1S/C19H14F6N6O3/c1-2-15(17-27-9-28-30(17)16-4-3-13(8-26-16)31(33)34)29(10-32)14-6-11(18(20,21)22)5-12(7-14)19(23,24)25/h3-10,15H,2H2,1H3. The van der Waals surface area contributed by atoms with Gasteiger partial charge in [-0.1, -0.05) is 6.92 Å². The summed E-state index contributed by atoms with van der Waals surface area (Å²) in [5.41, 5.74) is -4.15. The fourth-order valence-corrected chi connectivity index (χ4v) is 3.17. The van der Waals surface area contributed by atoms with Crippen LogP contribution in [0, 0.1) is 10.1 Å². The maximum Gasteiger partial charge on any atom is 0.416 e. The largest absolute Gasteiger partial charge is 0.416 e. The van der Waals surface area contributed by atoms with E-state index in [1.807, 2.05) is 0 Å².